The predicted octanol–water partition coefficient (Wildman–Crippen LogP) is 4.28. The quantitative estimate of drug-likeness (QED) is 0.546. The van der Waals surface area contributed by atoms with Gasteiger partial charge in [0.2, 0.25) is 0 Å². The third kappa shape index (κ3) is 5.69. The maximum atomic E-state index is 12.0. The van der Waals surface area contributed by atoms with E-state index in [1.165, 1.54) is 24.3 Å². The lowest BCUT2D eigenvalue weighted by molar-refractivity contribution is 0.0527. The van der Waals surface area contributed by atoms with Crippen molar-refractivity contribution in [2.45, 2.75) is 13.8 Å². The average molecular weight is 438 g/mol. The van der Waals surface area contributed by atoms with Crippen LogP contribution in [-0.2, 0) is 9.47 Å². The summed E-state index contributed by atoms with van der Waals surface area (Å²) in [5.41, 5.74) is 0.385. The van der Waals surface area contributed by atoms with Crippen molar-refractivity contribution in [2.75, 3.05) is 13.2 Å². The number of esters is 2. The van der Waals surface area contributed by atoms with E-state index in [0.717, 1.165) is 5.39 Å². The fourth-order valence-electron chi connectivity index (χ4n) is 2.95. The Morgan fingerprint density at radius 1 is 0.625 bits per heavy atom. The van der Waals surface area contributed by atoms with Crippen molar-refractivity contribution in [2.24, 2.45) is 0 Å². The second-order valence-electron chi connectivity index (χ2n) is 6.31. The van der Waals surface area contributed by atoms with Crippen LogP contribution in [-0.4, -0.2) is 47.3 Å². The Labute approximate surface area is 184 Å². The minimum absolute atomic E-state index is 0.190. The Morgan fingerprint density at radius 2 is 1.00 bits per heavy atom. The van der Waals surface area contributed by atoms with E-state index in [9.17, 15) is 19.2 Å². The third-order valence-corrected chi connectivity index (χ3v) is 4.28. The summed E-state index contributed by atoms with van der Waals surface area (Å²) in [6, 6.07) is 16.0. The van der Waals surface area contributed by atoms with Crippen LogP contribution in [0.1, 0.15) is 55.3 Å². The van der Waals surface area contributed by atoms with Crippen molar-refractivity contribution >= 4 is 34.6 Å². The molecule has 0 unspecified atom stereocenters. The first-order chi connectivity index (χ1) is 15.3. The Hall–Kier alpha value is -4.20. The van der Waals surface area contributed by atoms with Crippen LogP contribution in [0, 0.1) is 0 Å². The number of carboxylic acid groups (broad SMARTS) is 2. The van der Waals surface area contributed by atoms with E-state index in [0.29, 0.717) is 16.5 Å². The molecule has 2 N–H and O–H groups in total. The van der Waals surface area contributed by atoms with Crippen LogP contribution < -0.4 is 0 Å². The zero-order valence-corrected chi connectivity index (χ0v) is 17.5. The van der Waals surface area contributed by atoms with Crippen LogP contribution >= 0.6 is 0 Å². The monoisotopic (exact) mass is 438 g/mol. The standard InChI is InChI=1S/C16H16O4.C8H6O4/c1-3-19-15(17)12-9-5-7-11-8-6-10-13(14(11)12)16(18)20-4-2;9-7(10)5-3-1-2-4-6(5)8(11)12/h5-10H,3-4H2,1-2H3;1-4H,(H,9,10)(H,11,12). The molecular formula is C24H22O8. The average Bonchev–Trinajstić information content (AvgIpc) is 2.79. The highest BCUT2D eigenvalue weighted by Crippen LogP contribution is 2.24. The van der Waals surface area contributed by atoms with Gasteiger partial charge in [0.15, 0.2) is 0 Å². The fraction of sp³-hybridized carbons (Fsp3) is 0.167. The first kappa shape index (κ1) is 24.1. The largest absolute Gasteiger partial charge is 0.478 e. The zero-order chi connectivity index (χ0) is 23.7. The first-order valence-corrected chi connectivity index (χ1v) is 9.73. The molecule has 0 saturated heterocycles. The van der Waals surface area contributed by atoms with Crippen LogP contribution in [0.4, 0.5) is 0 Å². The number of carboxylic acids is 2. The molecule has 0 amide bonds. The van der Waals surface area contributed by atoms with Gasteiger partial charge < -0.3 is 19.7 Å². The molecule has 3 aromatic carbocycles. The summed E-state index contributed by atoms with van der Waals surface area (Å²) in [7, 11) is 0. The maximum absolute atomic E-state index is 12.0. The molecule has 3 rings (SSSR count). The molecule has 0 aliphatic rings. The Bertz CT molecular complexity index is 1060. The molecule has 0 radical (unpaired) electrons. The van der Waals surface area contributed by atoms with E-state index < -0.39 is 23.9 Å². The van der Waals surface area contributed by atoms with Crippen molar-refractivity contribution in [1.29, 1.82) is 0 Å². The summed E-state index contributed by atoms with van der Waals surface area (Å²) in [5.74, 6) is -3.33. The normalized spacial score (nSPS) is 9.94. The van der Waals surface area contributed by atoms with Crippen LogP contribution in [0.15, 0.2) is 60.7 Å². The van der Waals surface area contributed by atoms with E-state index >= 15 is 0 Å². The summed E-state index contributed by atoms with van der Waals surface area (Å²) in [6.07, 6.45) is 0. The molecule has 0 aromatic heterocycles. The van der Waals surface area contributed by atoms with Crippen molar-refractivity contribution in [3.63, 3.8) is 0 Å². The molecule has 166 valence electrons. The number of carbonyl (C=O) groups excluding carboxylic acids is 2. The number of hydrogen-bond donors (Lipinski definition) is 2. The number of benzene rings is 3. The summed E-state index contributed by atoms with van der Waals surface area (Å²) in [6.45, 7) is 4.07. The molecule has 3 aromatic rings. The van der Waals surface area contributed by atoms with E-state index in [-0.39, 0.29) is 24.3 Å². The molecule has 8 heteroatoms. The minimum Gasteiger partial charge on any atom is -0.478 e. The van der Waals surface area contributed by atoms with Crippen LogP contribution in [0.3, 0.4) is 0 Å². The Kier molecular flexibility index (Phi) is 8.47. The van der Waals surface area contributed by atoms with Gasteiger partial charge in [-0.1, -0.05) is 36.4 Å². The van der Waals surface area contributed by atoms with Gasteiger partial charge in [0.05, 0.1) is 35.5 Å². The second kappa shape index (κ2) is 11.3. The zero-order valence-electron chi connectivity index (χ0n) is 17.5. The molecule has 32 heavy (non-hydrogen) atoms. The minimum atomic E-state index is -1.23. The van der Waals surface area contributed by atoms with Crippen LogP contribution in [0.25, 0.3) is 10.8 Å². The Morgan fingerprint density at radius 3 is 1.34 bits per heavy atom. The van der Waals surface area contributed by atoms with Gasteiger partial charge in [-0.05, 0) is 43.5 Å². The molecule has 0 saturated carbocycles. The number of aromatic carboxylic acids is 2. The smallest absolute Gasteiger partial charge is 0.338 e. The molecule has 0 heterocycles. The lowest BCUT2D eigenvalue weighted by atomic mass is 9.99. The summed E-state index contributed by atoms with van der Waals surface area (Å²) < 4.78 is 10.1. The number of hydrogen-bond acceptors (Lipinski definition) is 6. The molecule has 0 atom stereocenters. The predicted molar refractivity (Wildman–Crippen MR) is 116 cm³/mol. The number of carbonyl (C=O) groups is 4. The third-order valence-electron chi connectivity index (χ3n) is 4.28. The molecule has 0 spiro atoms. The van der Waals surface area contributed by atoms with Crippen LogP contribution in [0.2, 0.25) is 0 Å². The van der Waals surface area contributed by atoms with Gasteiger partial charge in [0, 0.05) is 5.39 Å². The van der Waals surface area contributed by atoms with E-state index in [4.69, 9.17) is 19.7 Å². The van der Waals surface area contributed by atoms with Gasteiger partial charge in [-0.25, -0.2) is 19.2 Å². The van der Waals surface area contributed by atoms with Gasteiger partial charge in [-0.2, -0.15) is 0 Å². The van der Waals surface area contributed by atoms with Crippen molar-refractivity contribution in [1.82, 2.24) is 0 Å². The Balaban J connectivity index is 0.000000258. The van der Waals surface area contributed by atoms with Crippen molar-refractivity contribution in [3.05, 3.63) is 82.9 Å². The fourth-order valence-corrected chi connectivity index (χ4v) is 2.95. The second-order valence-corrected chi connectivity index (χ2v) is 6.31. The summed E-state index contributed by atoms with van der Waals surface area (Å²) in [4.78, 5) is 45.0. The van der Waals surface area contributed by atoms with Gasteiger partial charge in [-0.3, -0.25) is 0 Å². The topological polar surface area (TPSA) is 127 Å². The van der Waals surface area contributed by atoms with E-state index in [1.807, 2.05) is 12.1 Å². The lowest BCUT2D eigenvalue weighted by Gasteiger charge is -2.10. The molecular weight excluding hydrogens is 416 g/mol. The van der Waals surface area contributed by atoms with Crippen LogP contribution in [0.5, 0.6) is 0 Å². The maximum Gasteiger partial charge on any atom is 0.338 e. The van der Waals surface area contributed by atoms with Gasteiger partial charge in [-0.15, -0.1) is 0 Å². The molecule has 0 aliphatic carbocycles. The molecule has 0 aliphatic heterocycles. The molecule has 0 bridgehead atoms. The molecule has 8 nitrogen and oxygen atoms in total. The molecule has 0 fully saturated rings. The number of rotatable bonds is 6. The van der Waals surface area contributed by atoms with E-state index in [1.54, 1.807) is 38.1 Å². The highest BCUT2D eigenvalue weighted by atomic mass is 16.5. The van der Waals surface area contributed by atoms with Gasteiger partial charge in [0.25, 0.3) is 0 Å². The highest BCUT2D eigenvalue weighted by Gasteiger charge is 2.18. The van der Waals surface area contributed by atoms with Gasteiger partial charge >= 0.3 is 23.9 Å². The number of fused-ring (bicyclic) bond motifs is 1. The first-order valence-electron chi connectivity index (χ1n) is 9.73. The van der Waals surface area contributed by atoms with Gasteiger partial charge in [0.1, 0.15) is 0 Å². The van der Waals surface area contributed by atoms with Crippen molar-refractivity contribution in [3.8, 4) is 0 Å². The summed E-state index contributed by atoms with van der Waals surface area (Å²) >= 11 is 0. The highest BCUT2D eigenvalue weighted by molar-refractivity contribution is 6.13. The summed E-state index contributed by atoms with van der Waals surface area (Å²) in [5, 5.41) is 18.5. The SMILES string of the molecule is CCOC(=O)c1cccc2cccc(C(=O)OCC)c12.O=C(O)c1ccccc1C(=O)O. The number of ether oxygens (including phenoxy) is 2. The lowest BCUT2D eigenvalue weighted by Crippen LogP contribution is -2.10. The van der Waals surface area contributed by atoms with E-state index in [2.05, 4.69) is 0 Å². The van der Waals surface area contributed by atoms with Crippen molar-refractivity contribution < 1.29 is 38.9 Å².